The summed E-state index contributed by atoms with van der Waals surface area (Å²) in [5, 5.41) is 3.20. The second-order valence-electron chi connectivity index (χ2n) is 4.98. The van der Waals surface area contributed by atoms with Crippen molar-refractivity contribution < 1.29 is 4.74 Å². The van der Waals surface area contributed by atoms with Crippen molar-refractivity contribution in [1.29, 1.82) is 0 Å². The highest BCUT2D eigenvalue weighted by molar-refractivity contribution is 6.21. The Bertz CT molecular complexity index is 394. The molecule has 1 rings (SSSR count). The number of hydrogen-bond acceptors (Lipinski definition) is 4. The molecule has 0 saturated carbocycles. The maximum atomic E-state index is 6.13. The van der Waals surface area contributed by atoms with Crippen LogP contribution in [-0.2, 0) is 0 Å². The molecule has 0 aromatic carbocycles. The lowest BCUT2D eigenvalue weighted by Gasteiger charge is -2.29. The molecule has 0 radical (unpaired) electrons. The number of aromatic nitrogens is 2. The Kier molecular flexibility index (Phi) is 5.20. The number of halogens is 1. The highest BCUT2D eigenvalue weighted by Crippen LogP contribution is 2.21. The number of aryl methyl sites for hydroxylation is 1. The minimum Gasteiger partial charge on any atom is -0.478 e. The molecule has 1 heterocycles. The zero-order valence-corrected chi connectivity index (χ0v) is 12.5. The van der Waals surface area contributed by atoms with E-state index in [4.69, 9.17) is 16.3 Å². The molecule has 0 bridgehead atoms. The van der Waals surface area contributed by atoms with Gasteiger partial charge in [-0.1, -0.05) is 6.92 Å². The zero-order chi connectivity index (χ0) is 13.8. The van der Waals surface area contributed by atoms with Crippen molar-refractivity contribution in [3.63, 3.8) is 0 Å². The Morgan fingerprint density at radius 3 is 2.67 bits per heavy atom. The minimum atomic E-state index is -0.280. The number of rotatable bonds is 6. The maximum Gasteiger partial charge on any atom is 0.226 e. The van der Waals surface area contributed by atoms with Crippen LogP contribution in [0.25, 0.3) is 0 Å². The lowest BCUT2D eigenvalue weighted by molar-refractivity contribution is 0.304. The minimum absolute atomic E-state index is 0.0402. The predicted molar refractivity (Wildman–Crippen MR) is 75.6 cm³/mol. The van der Waals surface area contributed by atoms with Crippen LogP contribution in [0.15, 0.2) is 6.07 Å². The normalized spacial score (nSPS) is 13.2. The molecule has 0 aliphatic rings. The van der Waals surface area contributed by atoms with E-state index in [1.54, 1.807) is 0 Å². The Hall–Kier alpha value is -1.03. The molecule has 0 amide bonds. The predicted octanol–water partition coefficient (Wildman–Crippen LogP) is 3.39. The number of nitrogens with zero attached hydrogens (tertiary/aromatic N) is 2. The molecule has 1 N–H and O–H groups in total. The van der Waals surface area contributed by atoms with Crippen molar-refractivity contribution >= 4 is 17.5 Å². The van der Waals surface area contributed by atoms with Gasteiger partial charge >= 0.3 is 0 Å². The van der Waals surface area contributed by atoms with Gasteiger partial charge in [0.05, 0.1) is 17.5 Å². The third-order valence-electron chi connectivity index (χ3n) is 2.71. The summed E-state index contributed by atoms with van der Waals surface area (Å²) in [6.45, 7) is 10.6. The molecule has 1 unspecified atom stereocenters. The number of ether oxygens (including phenoxy) is 1. The van der Waals surface area contributed by atoms with Gasteiger partial charge in [0.25, 0.3) is 0 Å². The number of nitrogens with one attached hydrogen (secondary N) is 1. The highest BCUT2D eigenvalue weighted by Gasteiger charge is 2.25. The van der Waals surface area contributed by atoms with Gasteiger partial charge in [-0.25, -0.2) is 4.98 Å². The Morgan fingerprint density at radius 2 is 2.11 bits per heavy atom. The SMILES string of the molecule is CCCOc1cc(C)nc(NC(C)(C)C(C)Cl)n1. The Morgan fingerprint density at radius 1 is 1.44 bits per heavy atom. The van der Waals surface area contributed by atoms with Crippen molar-refractivity contribution in [2.24, 2.45) is 0 Å². The van der Waals surface area contributed by atoms with Crippen molar-refractivity contribution in [2.45, 2.75) is 52.0 Å². The number of anilines is 1. The quantitative estimate of drug-likeness (QED) is 0.806. The van der Waals surface area contributed by atoms with Crippen molar-refractivity contribution in [3.05, 3.63) is 11.8 Å². The van der Waals surface area contributed by atoms with E-state index < -0.39 is 0 Å². The van der Waals surface area contributed by atoms with Crippen LogP contribution in [0.4, 0.5) is 5.95 Å². The third kappa shape index (κ3) is 4.33. The first-order valence-electron chi connectivity index (χ1n) is 6.26. The zero-order valence-electron chi connectivity index (χ0n) is 11.7. The summed E-state index contributed by atoms with van der Waals surface area (Å²) in [5.74, 6) is 1.16. The summed E-state index contributed by atoms with van der Waals surface area (Å²) in [4.78, 5) is 8.68. The molecule has 18 heavy (non-hydrogen) atoms. The summed E-state index contributed by atoms with van der Waals surface area (Å²) in [6, 6.07) is 1.83. The molecule has 0 spiro atoms. The lowest BCUT2D eigenvalue weighted by Crippen LogP contribution is -2.39. The Labute approximate surface area is 114 Å². The van der Waals surface area contributed by atoms with Gasteiger partial charge in [0.15, 0.2) is 0 Å². The molecule has 1 atom stereocenters. The monoisotopic (exact) mass is 271 g/mol. The first-order valence-corrected chi connectivity index (χ1v) is 6.69. The second kappa shape index (κ2) is 6.23. The van der Waals surface area contributed by atoms with Crippen LogP contribution in [-0.4, -0.2) is 27.5 Å². The van der Waals surface area contributed by atoms with E-state index in [9.17, 15) is 0 Å². The van der Waals surface area contributed by atoms with Crippen LogP contribution in [0, 0.1) is 6.92 Å². The van der Waals surface area contributed by atoms with Crippen molar-refractivity contribution in [2.75, 3.05) is 11.9 Å². The molecule has 5 heteroatoms. The largest absolute Gasteiger partial charge is 0.478 e. The average Bonchev–Trinajstić information content (AvgIpc) is 2.24. The van der Waals surface area contributed by atoms with Crippen LogP contribution in [0.5, 0.6) is 5.88 Å². The van der Waals surface area contributed by atoms with Crippen molar-refractivity contribution in [1.82, 2.24) is 9.97 Å². The fourth-order valence-corrected chi connectivity index (χ4v) is 1.32. The molecule has 0 aliphatic heterocycles. The molecular weight excluding hydrogens is 250 g/mol. The van der Waals surface area contributed by atoms with Gasteiger partial charge in [-0.15, -0.1) is 11.6 Å². The summed E-state index contributed by atoms with van der Waals surface area (Å²) in [7, 11) is 0. The molecule has 102 valence electrons. The van der Waals surface area contributed by atoms with Crippen LogP contribution >= 0.6 is 11.6 Å². The van der Waals surface area contributed by atoms with Crippen molar-refractivity contribution in [3.8, 4) is 5.88 Å². The van der Waals surface area contributed by atoms with Crippen LogP contribution in [0.1, 0.15) is 39.8 Å². The molecule has 1 aromatic heterocycles. The van der Waals surface area contributed by atoms with E-state index in [1.165, 1.54) is 0 Å². The molecular formula is C13H22ClN3O. The van der Waals surface area contributed by atoms with Gasteiger partial charge in [-0.2, -0.15) is 4.98 Å². The van der Waals surface area contributed by atoms with Gasteiger partial charge in [0.1, 0.15) is 0 Å². The summed E-state index contributed by atoms with van der Waals surface area (Å²) in [6.07, 6.45) is 0.954. The average molecular weight is 272 g/mol. The molecule has 4 nitrogen and oxygen atoms in total. The second-order valence-corrected chi connectivity index (χ2v) is 5.64. The standard InChI is InChI=1S/C13H22ClN3O/c1-6-7-18-11-8-9(2)15-12(16-11)17-13(4,5)10(3)14/h8,10H,6-7H2,1-5H3,(H,15,16,17). The molecule has 0 fully saturated rings. The van der Waals surface area contributed by atoms with Crippen LogP contribution in [0.2, 0.25) is 0 Å². The van der Waals surface area contributed by atoms with E-state index in [0.717, 1.165) is 12.1 Å². The first-order chi connectivity index (χ1) is 8.35. The molecule has 0 aliphatic carbocycles. The molecule has 0 saturated heterocycles. The summed E-state index contributed by atoms with van der Waals surface area (Å²) in [5.41, 5.74) is 0.591. The topological polar surface area (TPSA) is 47.0 Å². The van der Waals surface area contributed by atoms with Crippen LogP contribution < -0.4 is 10.1 Å². The van der Waals surface area contributed by atoms with E-state index in [0.29, 0.717) is 18.4 Å². The smallest absolute Gasteiger partial charge is 0.226 e. The number of hydrogen-bond donors (Lipinski definition) is 1. The summed E-state index contributed by atoms with van der Waals surface area (Å²) < 4.78 is 5.53. The van der Waals surface area contributed by atoms with Gasteiger partial charge in [-0.3, -0.25) is 0 Å². The fraction of sp³-hybridized carbons (Fsp3) is 0.692. The lowest BCUT2D eigenvalue weighted by atomic mass is 10.0. The van der Waals surface area contributed by atoms with Gasteiger partial charge in [-0.05, 0) is 34.1 Å². The molecule has 1 aromatic rings. The van der Waals surface area contributed by atoms with Gasteiger partial charge in [0, 0.05) is 11.8 Å². The van der Waals surface area contributed by atoms with Crippen LogP contribution in [0.3, 0.4) is 0 Å². The fourth-order valence-electron chi connectivity index (χ4n) is 1.26. The third-order valence-corrected chi connectivity index (χ3v) is 3.26. The van der Waals surface area contributed by atoms with E-state index in [1.807, 2.05) is 33.8 Å². The van der Waals surface area contributed by atoms with Gasteiger partial charge < -0.3 is 10.1 Å². The highest BCUT2D eigenvalue weighted by atomic mass is 35.5. The first kappa shape index (κ1) is 15.0. The van der Waals surface area contributed by atoms with E-state index in [-0.39, 0.29) is 10.9 Å². The Balaban J connectivity index is 2.86. The van der Waals surface area contributed by atoms with E-state index >= 15 is 0 Å². The van der Waals surface area contributed by atoms with E-state index in [2.05, 4.69) is 22.2 Å². The summed E-state index contributed by atoms with van der Waals surface area (Å²) >= 11 is 6.13. The maximum absolute atomic E-state index is 6.13. The van der Waals surface area contributed by atoms with Gasteiger partial charge in [0.2, 0.25) is 11.8 Å². The number of alkyl halides is 1.